The third-order valence-corrected chi connectivity index (χ3v) is 6.16. The highest BCUT2D eigenvalue weighted by atomic mass is 32.2. The average Bonchev–Trinajstić information content (AvgIpc) is 3.07. The summed E-state index contributed by atoms with van der Waals surface area (Å²) in [5.41, 5.74) is 2.73. The van der Waals surface area contributed by atoms with Gasteiger partial charge in [-0.25, -0.2) is 0 Å². The molecule has 1 saturated heterocycles. The van der Waals surface area contributed by atoms with Crippen LogP contribution in [0.15, 0.2) is 51.8 Å². The molecule has 0 aromatic heterocycles. The molecule has 1 aliphatic rings. The molecule has 29 heavy (non-hydrogen) atoms. The highest BCUT2D eigenvalue weighted by Crippen LogP contribution is 2.20. The van der Waals surface area contributed by atoms with E-state index in [9.17, 15) is 13.2 Å². The number of carbonyl (C=O) groups excluding carboxylic acids is 1. The van der Waals surface area contributed by atoms with Crippen molar-refractivity contribution in [2.45, 2.75) is 31.6 Å². The van der Waals surface area contributed by atoms with Gasteiger partial charge in [0.05, 0.1) is 4.90 Å². The van der Waals surface area contributed by atoms with Crippen molar-refractivity contribution in [3.05, 3.63) is 53.6 Å². The van der Waals surface area contributed by atoms with Crippen LogP contribution in [-0.2, 0) is 14.8 Å². The Hall–Kier alpha value is -2.87. The maximum Gasteiger partial charge on any atom is 0.283 e. The Bertz CT molecular complexity index is 1030. The topological polar surface area (TPSA) is 88.1 Å². The normalized spacial score (nSPS) is 15.6. The van der Waals surface area contributed by atoms with Crippen LogP contribution >= 0.6 is 0 Å². The summed E-state index contributed by atoms with van der Waals surface area (Å²) in [6, 6.07) is 11.6. The number of rotatable bonds is 6. The van der Waals surface area contributed by atoms with Crippen LogP contribution < -0.4 is 10.1 Å². The van der Waals surface area contributed by atoms with Crippen LogP contribution in [0.1, 0.15) is 24.0 Å². The first-order valence-corrected chi connectivity index (χ1v) is 10.8. The van der Waals surface area contributed by atoms with Gasteiger partial charge in [-0.1, -0.05) is 6.07 Å². The van der Waals surface area contributed by atoms with Crippen molar-refractivity contribution >= 4 is 27.5 Å². The summed E-state index contributed by atoms with van der Waals surface area (Å²) >= 11 is 0. The SMILES string of the molecule is Cc1ccc(OCC(=O)Nc2ccc(S(=O)(=O)N=C3CCCN3C)cc2)cc1C. The van der Waals surface area contributed by atoms with Gasteiger partial charge in [0.1, 0.15) is 11.6 Å². The number of amidine groups is 1. The van der Waals surface area contributed by atoms with Crippen molar-refractivity contribution in [2.75, 3.05) is 25.5 Å². The van der Waals surface area contributed by atoms with Gasteiger partial charge in [-0.2, -0.15) is 8.42 Å². The number of aryl methyl sites for hydroxylation is 2. The lowest BCUT2D eigenvalue weighted by Gasteiger charge is -2.11. The van der Waals surface area contributed by atoms with E-state index in [0.29, 0.717) is 23.7 Å². The quantitative estimate of drug-likeness (QED) is 0.783. The molecule has 0 unspecified atom stereocenters. The van der Waals surface area contributed by atoms with E-state index in [1.807, 2.05) is 44.0 Å². The van der Waals surface area contributed by atoms with Crippen LogP contribution in [0.3, 0.4) is 0 Å². The number of nitrogens with one attached hydrogen (secondary N) is 1. The Morgan fingerprint density at radius 1 is 1.14 bits per heavy atom. The minimum atomic E-state index is -3.77. The van der Waals surface area contributed by atoms with E-state index in [0.717, 1.165) is 24.1 Å². The van der Waals surface area contributed by atoms with Gasteiger partial charge in [0, 0.05) is 25.7 Å². The molecule has 0 saturated carbocycles. The highest BCUT2D eigenvalue weighted by Gasteiger charge is 2.20. The maximum atomic E-state index is 12.5. The predicted octanol–water partition coefficient (Wildman–Crippen LogP) is 3.13. The van der Waals surface area contributed by atoms with E-state index >= 15 is 0 Å². The third kappa shape index (κ3) is 5.35. The van der Waals surface area contributed by atoms with E-state index < -0.39 is 10.0 Å². The zero-order valence-corrected chi connectivity index (χ0v) is 17.6. The Kier molecular flexibility index (Phi) is 6.22. The van der Waals surface area contributed by atoms with Crippen molar-refractivity contribution in [1.29, 1.82) is 0 Å². The van der Waals surface area contributed by atoms with Gasteiger partial charge in [-0.3, -0.25) is 4.79 Å². The molecule has 0 aliphatic carbocycles. The van der Waals surface area contributed by atoms with Gasteiger partial charge in [-0.05, 0) is 67.8 Å². The Balaban J connectivity index is 1.59. The molecule has 7 nitrogen and oxygen atoms in total. The number of hydrogen-bond donors (Lipinski definition) is 1. The lowest BCUT2D eigenvalue weighted by Crippen LogP contribution is -2.21. The van der Waals surface area contributed by atoms with Gasteiger partial charge in [-0.15, -0.1) is 4.40 Å². The number of likely N-dealkylation sites (tertiary alicyclic amines) is 1. The average molecular weight is 416 g/mol. The molecule has 1 N–H and O–H groups in total. The second kappa shape index (κ2) is 8.65. The van der Waals surface area contributed by atoms with Crippen LogP contribution in [0, 0.1) is 13.8 Å². The first-order chi connectivity index (χ1) is 13.7. The molecule has 1 fully saturated rings. The number of amides is 1. The van der Waals surface area contributed by atoms with Crippen molar-refractivity contribution in [3.63, 3.8) is 0 Å². The highest BCUT2D eigenvalue weighted by molar-refractivity contribution is 7.90. The van der Waals surface area contributed by atoms with E-state index in [1.54, 1.807) is 12.1 Å². The van der Waals surface area contributed by atoms with Gasteiger partial charge in [0.2, 0.25) is 0 Å². The zero-order valence-electron chi connectivity index (χ0n) is 16.8. The van der Waals surface area contributed by atoms with E-state index in [1.165, 1.54) is 12.1 Å². The molecule has 0 radical (unpaired) electrons. The number of nitrogens with zero attached hydrogens (tertiary/aromatic N) is 2. The van der Waals surface area contributed by atoms with Crippen LogP contribution in [0.4, 0.5) is 5.69 Å². The number of carbonyl (C=O) groups is 1. The molecule has 0 atom stereocenters. The summed E-state index contributed by atoms with van der Waals surface area (Å²) in [6.45, 7) is 4.66. The van der Waals surface area contributed by atoms with Crippen molar-refractivity contribution < 1.29 is 17.9 Å². The Labute approximate surface area is 171 Å². The van der Waals surface area contributed by atoms with Gasteiger partial charge < -0.3 is 15.0 Å². The molecular weight excluding hydrogens is 390 g/mol. The number of sulfonamides is 1. The molecule has 0 bridgehead atoms. The molecular formula is C21H25N3O4S. The first-order valence-electron chi connectivity index (χ1n) is 9.39. The molecule has 1 aliphatic heterocycles. The summed E-state index contributed by atoms with van der Waals surface area (Å²) < 4.78 is 34.4. The van der Waals surface area contributed by atoms with Crippen molar-refractivity contribution in [3.8, 4) is 5.75 Å². The molecule has 3 rings (SSSR count). The van der Waals surface area contributed by atoms with Gasteiger partial charge in [0.15, 0.2) is 6.61 Å². The molecule has 1 heterocycles. The summed E-state index contributed by atoms with van der Waals surface area (Å²) in [4.78, 5) is 14.0. The fourth-order valence-electron chi connectivity index (χ4n) is 2.96. The van der Waals surface area contributed by atoms with Gasteiger partial charge >= 0.3 is 0 Å². The van der Waals surface area contributed by atoms with Crippen LogP contribution in [0.25, 0.3) is 0 Å². The third-order valence-electron chi connectivity index (χ3n) is 4.84. The maximum absolute atomic E-state index is 12.5. The smallest absolute Gasteiger partial charge is 0.283 e. The largest absolute Gasteiger partial charge is 0.484 e. The summed E-state index contributed by atoms with van der Waals surface area (Å²) in [6.07, 6.45) is 1.56. The molecule has 2 aromatic rings. The molecule has 8 heteroatoms. The molecule has 154 valence electrons. The summed E-state index contributed by atoms with van der Waals surface area (Å²) in [5, 5.41) is 2.69. The monoisotopic (exact) mass is 415 g/mol. The number of hydrogen-bond acceptors (Lipinski definition) is 4. The van der Waals surface area contributed by atoms with Crippen molar-refractivity contribution in [2.24, 2.45) is 4.40 Å². The number of benzene rings is 2. The fraction of sp³-hybridized carbons (Fsp3) is 0.333. The minimum absolute atomic E-state index is 0.0923. The summed E-state index contributed by atoms with van der Waals surface area (Å²) in [7, 11) is -1.93. The first kappa shape index (κ1) is 20.9. The molecule has 0 spiro atoms. The van der Waals surface area contributed by atoms with Gasteiger partial charge in [0.25, 0.3) is 15.9 Å². The zero-order chi connectivity index (χ0) is 21.0. The van der Waals surface area contributed by atoms with E-state index in [2.05, 4.69) is 9.71 Å². The molecule has 2 aromatic carbocycles. The van der Waals surface area contributed by atoms with Crippen LogP contribution in [0.2, 0.25) is 0 Å². The van der Waals surface area contributed by atoms with E-state index in [-0.39, 0.29) is 17.4 Å². The van der Waals surface area contributed by atoms with Crippen LogP contribution in [0.5, 0.6) is 5.75 Å². The summed E-state index contributed by atoms with van der Waals surface area (Å²) in [5.74, 6) is 0.873. The van der Waals surface area contributed by atoms with Crippen molar-refractivity contribution in [1.82, 2.24) is 4.90 Å². The Morgan fingerprint density at radius 3 is 2.48 bits per heavy atom. The fourth-order valence-corrected chi connectivity index (χ4v) is 4.05. The lowest BCUT2D eigenvalue weighted by atomic mass is 10.1. The minimum Gasteiger partial charge on any atom is -0.484 e. The standard InChI is InChI=1S/C21H25N3O4S/c1-15-6-9-18(13-16(15)2)28-14-21(25)22-17-7-10-19(11-8-17)29(26,27)23-20-5-4-12-24(20)3/h6-11,13H,4-5,12,14H2,1-3H3,(H,22,25). The second-order valence-corrected chi connectivity index (χ2v) is 8.72. The van der Waals surface area contributed by atoms with E-state index in [4.69, 9.17) is 4.74 Å². The Morgan fingerprint density at radius 2 is 1.86 bits per heavy atom. The van der Waals surface area contributed by atoms with Crippen LogP contribution in [-0.4, -0.2) is 45.3 Å². The number of ether oxygens (including phenoxy) is 1. The lowest BCUT2D eigenvalue weighted by molar-refractivity contribution is -0.118. The molecule has 1 amide bonds. The number of anilines is 1. The predicted molar refractivity (Wildman–Crippen MR) is 113 cm³/mol. The second-order valence-electron chi connectivity index (χ2n) is 7.11.